The SMILES string of the molecule is Cc1cc(N2CC(CO)OCC2C)ncc1Br. The van der Waals surface area contributed by atoms with Crippen molar-refractivity contribution in [3.63, 3.8) is 0 Å². The van der Waals surface area contributed by atoms with Gasteiger partial charge in [0.05, 0.1) is 25.4 Å². The summed E-state index contributed by atoms with van der Waals surface area (Å²) in [7, 11) is 0. The van der Waals surface area contributed by atoms with E-state index < -0.39 is 0 Å². The zero-order valence-corrected chi connectivity index (χ0v) is 11.6. The molecule has 0 saturated carbocycles. The van der Waals surface area contributed by atoms with Crippen LogP contribution in [0.2, 0.25) is 0 Å². The second-order valence-corrected chi connectivity index (χ2v) is 5.29. The molecule has 1 aromatic heterocycles. The lowest BCUT2D eigenvalue weighted by Crippen LogP contribution is -2.50. The van der Waals surface area contributed by atoms with Gasteiger partial charge in [-0.15, -0.1) is 0 Å². The van der Waals surface area contributed by atoms with E-state index in [1.165, 1.54) is 0 Å². The summed E-state index contributed by atoms with van der Waals surface area (Å²) in [6, 6.07) is 2.34. The lowest BCUT2D eigenvalue weighted by atomic mass is 10.2. The molecule has 1 aromatic rings. The van der Waals surface area contributed by atoms with Crippen molar-refractivity contribution in [3.8, 4) is 0 Å². The lowest BCUT2D eigenvalue weighted by molar-refractivity contribution is -0.0105. The minimum atomic E-state index is -0.114. The van der Waals surface area contributed by atoms with E-state index in [-0.39, 0.29) is 18.8 Å². The quantitative estimate of drug-likeness (QED) is 0.904. The first-order valence-electron chi connectivity index (χ1n) is 5.73. The zero-order chi connectivity index (χ0) is 12.4. The van der Waals surface area contributed by atoms with Crippen LogP contribution in [0.15, 0.2) is 16.7 Å². The summed E-state index contributed by atoms with van der Waals surface area (Å²) in [5, 5.41) is 9.16. The molecular formula is C12H17BrN2O2. The van der Waals surface area contributed by atoms with Crippen LogP contribution in [0, 0.1) is 6.92 Å². The average molecular weight is 301 g/mol. The van der Waals surface area contributed by atoms with Gasteiger partial charge in [0.25, 0.3) is 0 Å². The smallest absolute Gasteiger partial charge is 0.129 e. The van der Waals surface area contributed by atoms with Gasteiger partial charge in [0.15, 0.2) is 0 Å². The van der Waals surface area contributed by atoms with Crippen molar-refractivity contribution in [1.82, 2.24) is 4.98 Å². The van der Waals surface area contributed by atoms with E-state index in [2.05, 4.69) is 38.8 Å². The van der Waals surface area contributed by atoms with Gasteiger partial charge in [0, 0.05) is 17.2 Å². The maximum absolute atomic E-state index is 9.16. The van der Waals surface area contributed by atoms with Crippen LogP contribution >= 0.6 is 15.9 Å². The number of pyridine rings is 1. The second-order valence-electron chi connectivity index (χ2n) is 4.43. The second kappa shape index (κ2) is 5.33. The van der Waals surface area contributed by atoms with E-state index in [1.54, 1.807) is 0 Å². The first-order valence-corrected chi connectivity index (χ1v) is 6.52. The van der Waals surface area contributed by atoms with Crippen molar-refractivity contribution in [2.45, 2.75) is 26.0 Å². The van der Waals surface area contributed by atoms with Crippen molar-refractivity contribution < 1.29 is 9.84 Å². The maximum atomic E-state index is 9.16. The number of aryl methyl sites for hydroxylation is 1. The maximum Gasteiger partial charge on any atom is 0.129 e. The fourth-order valence-corrected chi connectivity index (χ4v) is 2.15. The minimum Gasteiger partial charge on any atom is -0.394 e. The van der Waals surface area contributed by atoms with Crippen LogP contribution in [0.4, 0.5) is 5.82 Å². The molecule has 1 aliphatic heterocycles. The van der Waals surface area contributed by atoms with Crippen molar-refractivity contribution in [3.05, 3.63) is 22.3 Å². The number of halogens is 1. The molecule has 2 rings (SSSR count). The van der Waals surface area contributed by atoms with E-state index in [0.29, 0.717) is 13.2 Å². The zero-order valence-electron chi connectivity index (χ0n) is 10.1. The number of rotatable bonds is 2. The minimum absolute atomic E-state index is 0.0543. The van der Waals surface area contributed by atoms with Gasteiger partial charge < -0.3 is 14.7 Å². The van der Waals surface area contributed by atoms with Gasteiger partial charge in [0.2, 0.25) is 0 Å². The van der Waals surface area contributed by atoms with E-state index in [4.69, 9.17) is 9.84 Å². The number of anilines is 1. The van der Waals surface area contributed by atoms with Gasteiger partial charge >= 0.3 is 0 Å². The fourth-order valence-electron chi connectivity index (χ4n) is 1.93. The summed E-state index contributed by atoms with van der Waals surface area (Å²) in [5.41, 5.74) is 1.16. The van der Waals surface area contributed by atoms with Gasteiger partial charge in [-0.05, 0) is 41.4 Å². The number of nitrogens with zero attached hydrogens (tertiary/aromatic N) is 2. The highest BCUT2D eigenvalue weighted by atomic mass is 79.9. The Morgan fingerprint density at radius 1 is 1.65 bits per heavy atom. The van der Waals surface area contributed by atoms with E-state index in [1.807, 2.05) is 13.1 Å². The number of morpholine rings is 1. The first kappa shape index (κ1) is 12.8. The van der Waals surface area contributed by atoms with Crippen LogP contribution in [0.25, 0.3) is 0 Å². The van der Waals surface area contributed by atoms with Crippen molar-refractivity contribution in [2.24, 2.45) is 0 Å². The third kappa shape index (κ3) is 2.78. The van der Waals surface area contributed by atoms with Gasteiger partial charge in [-0.2, -0.15) is 0 Å². The van der Waals surface area contributed by atoms with Crippen molar-refractivity contribution in [1.29, 1.82) is 0 Å². The molecule has 5 heteroatoms. The van der Waals surface area contributed by atoms with Crippen LogP contribution in [-0.2, 0) is 4.74 Å². The molecule has 1 fully saturated rings. The van der Waals surface area contributed by atoms with E-state index in [0.717, 1.165) is 15.9 Å². The average Bonchev–Trinajstić information content (AvgIpc) is 2.33. The summed E-state index contributed by atoms with van der Waals surface area (Å²) in [4.78, 5) is 6.61. The summed E-state index contributed by atoms with van der Waals surface area (Å²) in [5.74, 6) is 0.944. The molecular weight excluding hydrogens is 284 g/mol. The highest BCUT2D eigenvalue weighted by Crippen LogP contribution is 2.23. The first-order chi connectivity index (χ1) is 8.11. The molecule has 4 nitrogen and oxygen atoms in total. The molecule has 1 aliphatic rings. The Labute approximate surface area is 110 Å². The normalized spacial score (nSPS) is 25.1. The van der Waals surface area contributed by atoms with Crippen LogP contribution in [-0.4, -0.2) is 42.0 Å². The van der Waals surface area contributed by atoms with Gasteiger partial charge in [-0.3, -0.25) is 0 Å². The number of hydrogen-bond donors (Lipinski definition) is 1. The van der Waals surface area contributed by atoms with Crippen LogP contribution in [0.1, 0.15) is 12.5 Å². The lowest BCUT2D eigenvalue weighted by Gasteiger charge is -2.38. The fraction of sp³-hybridized carbons (Fsp3) is 0.583. The third-order valence-electron chi connectivity index (χ3n) is 3.04. The predicted molar refractivity (Wildman–Crippen MR) is 70.3 cm³/mol. The molecule has 0 spiro atoms. The summed E-state index contributed by atoms with van der Waals surface area (Å²) < 4.78 is 6.53. The van der Waals surface area contributed by atoms with Crippen LogP contribution < -0.4 is 4.90 Å². The molecule has 0 aromatic carbocycles. The monoisotopic (exact) mass is 300 g/mol. The number of aliphatic hydroxyl groups excluding tert-OH is 1. The highest BCUT2D eigenvalue weighted by molar-refractivity contribution is 9.10. The Morgan fingerprint density at radius 3 is 3.06 bits per heavy atom. The highest BCUT2D eigenvalue weighted by Gasteiger charge is 2.26. The Hall–Kier alpha value is -0.650. The van der Waals surface area contributed by atoms with Crippen LogP contribution in [0.5, 0.6) is 0 Å². The molecule has 2 unspecified atom stereocenters. The summed E-state index contributed by atoms with van der Waals surface area (Å²) >= 11 is 3.45. The van der Waals surface area contributed by atoms with Crippen LogP contribution in [0.3, 0.4) is 0 Å². The molecule has 0 aliphatic carbocycles. The molecule has 0 radical (unpaired) electrons. The van der Waals surface area contributed by atoms with Gasteiger partial charge in [0.1, 0.15) is 5.82 Å². The standard InChI is InChI=1S/C12H17BrN2O2/c1-8-3-12(14-4-11(8)13)15-5-10(6-16)17-7-9(15)2/h3-4,9-10,16H,5-7H2,1-2H3. The number of aliphatic hydroxyl groups is 1. The Bertz CT molecular complexity index is 400. The van der Waals surface area contributed by atoms with E-state index in [9.17, 15) is 0 Å². The summed E-state index contributed by atoms with van der Waals surface area (Å²) in [6.45, 7) is 5.52. The van der Waals surface area contributed by atoms with Crippen molar-refractivity contribution in [2.75, 3.05) is 24.7 Å². The molecule has 1 saturated heterocycles. The Kier molecular flexibility index (Phi) is 4.01. The van der Waals surface area contributed by atoms with Gasteiger partial charge in [-0.1, -0.05) is 0 Å². The molecule has 17 heavy (non-hydrogen) atoms. The topological polar surface area (TPSA) is 45.6 Å². The Balaban J connectivity index is 2.21. The number of hydrogen-bond acceptors (Lipinski definition) is 4. The molecule has 0 amide bonds. The van der Waals surface area contributed by atoms with Crippen molar-refractivity contribution >= 4 is 21.7 Å². The molecule has 2 heterocycles. The molecule has 1 N–H and O–H groups in total. The Morgan fingerprint density at radius 2 is 2.41 bits per heavy atom. The third-order valence-corrected chi connectivity index (χ3v) is 3.87. The number of ether oxygens (including phenoxy) is 1. The number of aromatic nitrogens is 1. The molecule has 0 bridgehead atoms. The van der Waals surface area contributed by atoms with E-state index >= 15 is 0 Å². The molecule has 94 valence electrons. The largest absolute Gasteiger partial charge is 0.394 e. The summed E-state index contributed by atoms with van der Waals surface area (Å²) in [6.07, 6.45) is 1.71. The molecule has 2 atom stereocenters. The predicted octanol–water partition coefficient (Wildman–Crippen LogP) is 1.74. The van der Waals surface area contributed by atoms with Gasteiger partial charge in [-0.25, -0.2) is 4.98 Å².